The maximum Gasteiger partial charge on any atom is 0.306 e. The lowest BCUT2D eigenvalue weighted by molar-refractivity contribution is -0.167. The van der Waals surface area contributed by atoms with Gasteiger partial charge in [-0.05, 0) is 77.0 Å². The fraction of sp³-hybridized carbons (Fsp3) is 0.822. The molecule has 0 rings (SSSR count). The van der Waals surface area contributed by atoms with E-state index in [0.29, 0.717) is 19.3 Å². The van der Waals surface area contributed by atoms with Crippen LogP contribution in [0.3, 0.4) is 0 Å². The molecule has 0 aliphatic heterocycles. The van der Waals surface area contributed by atoms with Crippen LogP contribution in [0.2, 0.25) is 0 Å². The van der Waals surface area contributed by atoms with Crippen molar-refractivity contribution < 1.29 is 28.6 Å². The van der Waals surface area contributed by atoms with Crippen molar-refractivity contribution in [2.24, 2.45) is 0 Å². The molecule has 0 aromatic rings. The number of esters is 3. The molecule has 79 heavy (non-hydrogen) atoms. The van der Waals surface area contributed by atoms with Gasteiger partial charge in [0.15, 0.2) is 6.10 Å². The first kappa shape index (κ1) is 76.1. The molecule has 460 valence electrons. The SMILES string of the molecule is CC/C=C\C/C=C\C/C=C\C/C=C\CCCCCCCCCCCCCCCCCCC(=O)OCC(COC(=O)CCCCCCC/C=C\CCC)OC(=O)CCCCCCCCCCCCCCCCCCCCCCCC. The third kappa shape index (κ3) is 65.8. The van der Waals surface area contributed by atoms with Crippen LogP contribution in [-0.4, -0.2) is 37.2 Å². The Morgan fingerprint density at radius 1 is 0.266 bits per heavy atom. The Balaban J connectivity index is 4.13. The first-order chi connectivity index (χ1) is 39.0. The smallest absolute Gasteiger partial charge is 0.306 e. The summed E-state index contributed by atoms with van der Waals surface area (Å²) in [5, 5.41) is 0. The first-order valence-electron chi connectivity index (χ1n) is 34.8. The van der Waals surface area contributed by atoms with Gasteiger partial charge in [-0.2, -0.15) is 0 Å². The highest BCUT2D eigenvalue weighted by Gasteiger charge is 2.19. The van der Waals surface area contributed by atoms with Crippen LogP contribution in [0.15, 0.2) is 60.8 Å². The molecule has 6 nitrogen and oxygen atoms in total. The zero-order valence-electron chi connectivity index (χ0n) is 52.9. The summed E-state index contributed by atoms with van der Waals surface area (Å²) < 4.78 is 16.9. The van der Waals surface area contributed by atoms with Crippen LogP contribution >= 0.6 is 0 Å². The van der Waals surface area contributed by atoms with E-state index in [1.165, 1.54) is 231 Å². The van der Waals surface area contributed by atoms with Gasteiger partial charge in [0.1, 0.15) is 13.2 Å². The van der Waals surface area contributed by atoms with Crippen LogP contribution in [-0.2, 0) is 28.6 Å². The number of allylic oxidation sites excluding steroid dienone is 10. The minimum absolute atomic E-state index is 0.0718. The molecule has 0 aliphatic rings. The van der Waals surface area contributed by atoms with Crippen molar-refractivity contribution in [1.82, 2.24) is 0 Å². The summed E-state index contributed by atoms with van der Waals surface area (Å²) >= 11 is 0. The van der Waals surface area contributed by atoms with Crippen molar-refractivity contribution in [2.45, 2.75) is 374 Å². The van der Waals surface area contributed by atoms with E-state index >= 15 is 0 Å². The number of ether oxygens (including phenoxy) is 3. The van der Waals surface area contributed by atoms with E-state index in [1.807, 2.05) is 0 Å². The number of carbonyl (C=O) groups is 3. The van der Waals surface area contributed by atoms with Gasteiger partial charge in [-0.25, -0.2) is 0 Å². The number of unbranched alkanes of at least 4 members (excludes halogenated alkanes) is 43. The molecular formula is C73H132O6. The molecule has 0 aromatic heterocycles. The van der Waals surface area contributed by atoms with Gasteiger partial charge in [-0.3, -0.25) is 14.4 Å². The molecule has 0 amide bonds. The van der Waals surface area contributed by atoms with E-state index < -0.39 is 6.10 Å². The molecule has 0 fully saturated rings. The van der Waals surface area contributed by atoms with Crippen LogP contribution in [0.1, 0.15) is 367 Å². The zero-order chi connectivity index (χ0) is 57.1. The predicted molar refractivity (Wildman–Crippen MR) is 344 cm³/mol. The summed E-state index contributed by atoms with van der Waals surface area (Å²) in [6, 6.07) is 0. The number of hydrogen-bond donors (Lipinski definition) is 0. The van der Waals surface area contributed by atoms with Gasteiger partial charge in [-0.15, -0.1) is 0 Å². The molecule has 0 N–H and O–H groups in total. The Kier molecular flexibility index (Phi) is 65.1. The summed E-state index contributed by atoms with van der Waals surface area (Å²) in [5.41, 5.74) is 0. The standard InChI is InChI=1S/C73H132O6/c1-4-7-10-13-16-19-22-24-26-28-30-32-34-35-36-37-38-39-40-42-43-45-47-49-51-54-57-60-63-66-72(75)78-69-70(68-77-71(74)65-62-59-56-53-21-18-15-12-9-6-3)79-73(76)67-64-61-58-55-52-50-48-46-44-41-33-31-29-27-25-23-20-17-14-11-8-5-2/h7,10,12,15-16,19,24,26,30,32,70H,4-6,8-9,11,13-14,17-18,20-23,25,27-29,31,33-69H2,1-3H3/b10-7-,15-12-,19-16-,26-24-,32-30-. The number of hydrogen-bond acceptors (Lipinski definition) is 6. The summed E-state index contributed by atoms with van der Waals surface area (Å²) in [5.74, 6) is -0.859. The molecule has 1 unspecified atom stereocenters. The second-order valence-corrected chi connectivity index (χ2v) is 23.4. The lowest BCUT2D eigenvalue weighted by atomic mass is 10.0. The van der Waals surface area contributed by atoms with E-state index in [4.69, 9.17) is 14.2 Å². The van der Waals surface area contributed by atoms with Gasteiger partial charge in [-0.1, -0.05) is 332 Å². The van der Waals surface area contributed by atoms with Gasteiger partial charge in [0.25, 0.3) is 0 Å². The Bertz CT molecular complexity index is 1410. The highest BCUT2D eigenvalue weighted by atomic mass is 16.6. The van der Waals surface area contributed by atoms with E-state index in [0.717, 1.165) is 96.3 Å². The minimum Gasteiger partial charge on any atom is -0.462 e. The number of rotatable bonds is 64. The van der Waals surface area contributed by atoms with Crippen LogP contribution in [0, 0.1) is 0 Å². The van der Waals surface area contributed by atoms with Crippen molar-refractivity contribution in [3.63, 3.8) is 0 Å². The Hall–Kier alpha value is -2.89. The lowest BCUT2D eigenvalue weighted by Gasteiger charge is -2.18. The molecule has 1 atom stereocenters. The molecule has 0 saturated carbocycles. The first-order valence-corrected chi connectivity index (χ1v) is 34.8. The van der Waals surface area contributed by atoms with E-state index in [2.05, 4.69) is 81.5 Å². The van der Waals surface area contributed by atoms with Gasteiger partial charge in [0.2, 0.25) is 0 Å². The monoisotopic (exact) mass is 1110 g/mol. The zero-order valence-corrected chi connectivity index (χ0v) is 52.9. The van der Waals surface area contributed by atoms with E-state index in [9.17, 15) is 14.4 Å². The fourth-order valence-electron chi connectivity index (χ4n) is 10.3. The van der Waals surface area contributed by atoms with E-state index in [-0.39, 0.29) is 31.1 Å². The summed E-state index contributed by atoms with van der Waals surface area (Å²) in [7, 11) is 0. The van der Waals surface area contributed by atoms with Crippen molar-refractivity contribution in [2.75, 3.05) is 13.2 Å². The largest absolute Gasteiger partial charge is 0.462 e. The van der Waals surface area contributed by atoms with Crippen molar-refractivity contribution in [3.8, 4) is 0 Å². The Morgan fingerprint density at radius 3 is 0.835 bits per heavy atom. The third-order valence-corrected chi connectivity index (χ3v) is 15.5. The summed E-state index contributed by atoms with van der Waals surface area (Å²) in [6.07, 6.45) is 86.9. The quantitative estimate of drug-likeness (QED) is 0.0261. The van der Waals surface area contributed by atoms with Gasteiger partial charge in [0, 0.05) is 19.3 Å². The average molecular weight is 1110 g/mol. The Morgan fingerprint density at radius 2 is 0.519 bits per heavy atom. The highest BCUT2D eigenvalue weighted by molar-refractivity contribution is 5.71. The molecule has 0 aromatic carbocycles. The maximum absolute atomic E-state index is 12.9. The second kappa shape index (κ2) is 67.6. The van der Waals surface area contributed by atoms with Crippen LogP contribution in [0.25, 0.3) is 0 Å². The molecule has 0 radical (unpaired) electrons. The number of carbonyl (C=O) groups excluding carboxylic acids is 3. The lowest BCUT2D eigenvalue weighted by Crippen LogP contribution is -2.30. The maximum atomic E-state index is 12.9. The van der Waals surface area contributed by atoms with Crippen LogP contribution in [0.4, 0.5) is 0 Å². The summed E-state index contributed by atoms with van der Waals surface area (Å²) in [4.78, 5) is 38.3. The molecule has 0 saturated heterocycles. The van der Waals surface area contributed by atoms with Crippen molar-refractivity contribution >= 4 is 17.9 Å². The van der Waals surface area contributed by atoms with E-state index in [1.54, 1.807) is 0 Å². The Labute approximate surface area is 491 Å². The molecule has 0 heterocycles. The van der Waals surface area contributed by atoms with Crippen molar-refractivity contribution in [1.29, 1.82) is 0 Å². The highest BCUT2D eigenvalue weighted by Crippen LogP contribution is 2.18. The van der Waals surface area contributed by atoms with Crippen LogP contribution in [0.5, 0.6) is 0 Å². The molecular weight excluding hydrogens is 973 g/mol. The van der Waals surface area contributed by atoms with Gasteiger partial charge in [0.05, 0.1) is 0 Å². The topological polar surface area (TPSA) is 78.9 Å². The second-order valence-electron chi connectivity index (χ2n) is 23.4. The fourth-order valence-corrected chi connectivity index (χ4v) is 10.3. The van der Waals surface area contributed by atoms with Crippen LogP contribution < -0.4 is 0 Å². The normalized spacial score (nSPS) is 12.4. The average Bonchev–Trinajstić information content (AvgIpc) is 3.45. The predicted octanol–water partition coefficient (Wildman–Crippen LogP) is 23.9. The molecule has 6 heteroatoms. The minimum atomic E-state index is -0.774. The van der Waals surface area contributed by atoms with Crippen molar-refractivity contribution in [3.05, 3.63) is 60.8 Å². The molecule has 0 bridgehead atoms. The molecule has 0 aliphatic carbocycles. The summed E-state index contributed by atoms with van der Waals surface area (Å²) in [6.45, 7) is 6.52. The third-order valence-electron chi connectivity index (χ3n) is 15.5. The van der Waals surface area contributed by atoms with Gasteiger partial charge < -0.3 is 14.2 Å². The van der Waals surface area contributed by atoms with Gasteiger partial charge >= 0.3 is 17.9 Å². The molecule has 0 spiro atoms.